The third-order valence-electron chi connectivity index (χ3n) is 4.08. The maximum absolute atomic E-state index is 13.0. The molecular weight excluding hydrogens is 419 g/mol. The molecule has 1 aromatic heterocycles. The topological polar surface area (TPSA) is 30.0 Å². The van der Waals surface area contributed by atoms with Crippen molar-refractivity contribution in [3.05, 3.63) is 68.4 Å². The number of Topliss-reactive ketones (excluding diaryl/α,β-unsaturated/α-hetero) is 1. The number of pyridine rings is 1. The minimum atomic E-state index is -4.89. The quantitative estimate of drug-likeness (QED) is 0.594. The van der Waals surface area contributed by atoms with Crippen LogP contribution in [0, 0.1) is 0 Å². The lowest BCUT2D eigenvalue weighted by atomic mass is 9.98. The smallest absolute Gasteiger partial charge is 0.284 e. The number of rotatable bonds is 4. The van der Waals surface area contributed by atoms with Gasteiger partial charge in [0, 0.05) is 16.2 Å². The van der Waals surface area contributed by atoms with Crippen molar-refractivity contribution < 1.29 is 18.0 Å². The first-order valence-electron chi connectivity index (χ1n) is 7.48. The van der Waals surface area contributed by atoms with Crippen LogP contribution in [0.3, 0.4) is 0 Å². The van der Waals surface area contributed by atoms with Crippen LogP contribution in [0.4, 0.5) is 13.2 Å². The number of hydrogen-bond acceptors (Lipinski definition) is 2. The monoisotopic (exact) mass is 429 g/mol. The maximum atomic E-state index is 13.0. The SMILES string of the molecule is O=C(C1=C(CCc2ccc(Cl)nc2)Cc2cc(Br)ccc21)C(F)(F)F. The number of ketones is 1. The summed E-state index contributed by atoms with van der Waals surface area (Å²) in [5.41, 5.74) is 2.25. The van der Waals surface area contributed by atoms with E-state index in [1.54, 1.807) is 36.5 Å². The van der Waals surface area contributed by atoms with Crippen molar-refractivity contribution in [2.45, 2.75) is 25.4 Å². The van der Waals surface area contributed by atoms with Gasteiger partial charge in [0.15, 0.2) is 0 Å². The van der Waals surface area contributed by atoms with E-state index in [-0.39, 0.29) is 5.57 Å². The van der Waals surface area contributed by atoms with E-state index in [1.165, 1.54) is 0 Å². The fourth-order valence-corrected chi connectivity index (χ4v) is 3.47. The van der Waals surface area contributed by atoms with E-state index >= 15 is 0 Å². The largest absolute Gasteiger partial charge is 0.454 e. The Hall–Kier alpha value is -1.66. The number of alkyl halides is 3. The van der Waals surface area contributed by atoms with Gasteiger partial charge in [-0.15, -0.1) is 0 Å². The molecule has 1 aromatic carbocycles. The zero-order chi connectivity index (χ0) is 18.2. The van der Waals surface area contributed by atoms with Crippen molar-refractivity contribution in [1.82, 2.24) is 4.98 Å². The summed E-state index contributed by atoms with van der Waals surface area (Å²) >= 11 is 9.05. The fraction of sp³-hybridized carbons (Fsp3) is 0.222. The molecule has 1 heterocycles. The summed E-state index contributed by atoms with van der Waals surface area (Å²) in [6, 6.07) is 8.38. The van der Waals surface area contributed by atoms with Crippen LogP contribution in [0.15, 0.2) is 46.6 Å². The van der Waals surface area contributed by atoms with Gasteiger partial charge in [-0.3, -0.25) is 4.79 Å². The normalized spacial score (nSPS) is 14.0. The van der Waals surface area contributed by atoms with Crippen LogP contribution in [0.2, 0.25) is 5.15 Å². The molecule has 0 amide bonds. The van der Waals surface area contributed by atoms with Crippen molar-refractivity contribution in [1.29, 1.82) is 0 Å². The Balaban J connectivity index is 1.93. The zero-order valence-corrected chi connectivity index (χ0v) is 15.2. The van der Waals surface area contributed by atoms with E-state index < -0.39 is 12.0 Å². The number of halogens is 5. The highest BCUT2D eigenvalue weighted by molar-refractivity contribution is 9.10. The number of fused-ring (bicyclic) bond motifs is 1. The summed E-state index contributed by atoms with van der Waals surface area (Å²) in [6.45, 7) is 0. The Bertz CT molecular complexity index is 860. The summed E-state index contributed by atoms with van der Waals surface area (Å²) in [5.74, 6) is -1.78. The molecule has 1 aliphatic carbocycles. The Kier molecular flexibility index (Phi) is 5.02. The van der Waals surface area contributed by atoms with Crippen molar-refractivity contribution in [2.75, 3.05) is 0 Å². The van der Waals surface area contributed by atoms with Crippen molar-refractivity contribution in [2.24, 2.45) is 0 Å². The molecule has 130 valence electrons. The highest BCUT2D eigenvalue weighted by atomic mass is 79.9. The summed E-state index contributed by atoms with van der Waals surface area (Å²) in [5, 5.41) is 0.356. The van der Waals surface area contributed by atoms with Crippen LogP contribution in [-0.4, -0.2) is 16.9 Å². The highest BCUT2D eigenvalue weighted by Gasteiger charge is 2.43. The number of hydrogen-bond donors (Lipinski definition) is 0. The molecule has 0 fully saturated rings. The van der Waals surface area contributed by atoms with Crippen LogP contribution in [-0.2, 0) is 17.6 Å². The van der Waals surface area contributed by atoms with Gasteiger partial charge in [-0.25, -0.2) is 4.98 Å². The molecule has 1 aliphatic rings. The fourth-order valence-electron chi connectivity index (χ4n) is 2.95. The van der Waals surface area contributed by atoms with Gasteiger partial charge in [-0.2, -0.15) is 13.2 Å². The summed E-state index contributed by atoms with van der Waals surface area (Å²) in [7, 11) is 0. The third-order valence-corrected chi connectivity index (χ3v) is 4.80. The zero-order valence-electron chi connectivity index (χ0n) is 12.8. The standard InChI is InChI=1S/C18H12BrClF3NO/c19-13-4-5-14-12(8-13)7-11(16(14)17(25)18(21,22)23)3-1-10-2-6-15(20)24-9-10/h2,4-6,8-9H,1,3,7H2. The minimum absolute atomic E-state index is 0.211. The first kappa shape index (κ1) is 18.1. The van der Waals surface area contributed by atoms with Gasteiger partial charge in [0.05, 0.1) is 0 Å². The Labute approximate surface area is 155 Å². The van der Waals surface area contributed by atoms with Crippen molar-refractivity contribution >= 4 is 38.9 Å². The lowest BCUT2D eigenvalue weighted by molar-refractivity contribution is -0.164. The highest BCUT2D eigenvalue weighted by Crippen LogP contribution is 2.40. The summed E-state index contributed by atoms with van der Waals surface area (Å²) < 4.78 is 39.9. The second kappa shape index (κ2) is 6.92. The molecule has 3 rings (SSSR count). The van der Waals surface area contributed by atoms with Gasteiger partial charge >= 0.3 is 6.18 Å². The summed E-state index contributed by atoms with van der Waals surface area (Å²) in [4.78, 5) is 15.9. The molecule has 2 nitrogen and oxygen atoms in total. The average Bonchev–Trinajstić information content (AvgIpc) is 2.89. The van der Waals surface area contributed by atoms with Crippen molar-refractivity contribution in [3.63, 3.8) is 0 Å². The number of aromatic nitrogens is 1. The minimum Gasteiger partial charge on any atom is -0.284 e. The molecule has 0 bridgehead atoms. The number of carbonyl (C=O) groups is 1. The Morgan fingerprint density at radius 1 is 1.20 bits per heavy atom. The van der Waals surface area contributed by atoms with E-state index in [1.807, 2.05) is 0 Å². The van der Waals surface area contributed by atoms with Crippen LogP contribution in [0.5, 0.6) is 0 Å². The molecule has 0 unspecified atom stereocenters. The number of allylic oxidation sites excluding steroid dienone is 2. The molecule has 25 heavy (non-hydrogen) atoms. The first-order valence-corrected chi connectivity index (χ1v) is 8.65. The molecule has 0 atom stereocenters. The molecule has 0 N–H and O–H groups in total. The lowest BCUT2D eigenvalue weighted by Crippen LogP contribution is -2.24. The summed E-state index contributed by atoms with van der Waals surface area (Å²) in [6.07, 6.45) is -2.12. The van der Waals surface area contributed by atoms with Gasteiger partial charge in [0.2, 0.25) is 0 Å². The van der Waals surface area contributed by atoms with E-state index in [4.69, 9.17) is 11.6 Å². The number of carbonyl (C=O) groups excluding carboxylic acids is 1. The molecule has 0 saturated heterocycles. The van der Waals surface area contributed by atoms with Gasteiger partial charge in [-0.1, -0.05) is 45.2 Å². The molecule has 7 heteroatoms. The Morgan fingerprint density at radius 2 is 1.96 bits per heavy atom. The van der Waals surface area contributed by atoms with Gasteiger partial charge in [0.1, 0.15) is 5.15 Å². The van der Waals surface area contributed by atoms with E-state index in [2.05, 4.69) is 20.9 Å². The molecule has 0 aliphatic heterocycles. The Morgan fingerprint density at radius 3 is 2.60 bits per heavy atom. The predicted octanol–water partition coefficient (Wildman–Crippen LogP) is 5.57. The van der Waals surface area contributed by atoms with E-state index in [0.717, 1.165) is 15.6 Å². The molecule has 0 spiro atoms. The van der Waals surface area contributed by atoms with Gasteiger partial charge in [0.25, 0.3) is 5.78 Å². The molecular formula is C18H12BrClF3NO. The van der Waals surface area contributed by atoms with E-state index in [0.29, 0.717) is 35.6 Å². The number of nitrogens with zero attached hydrogens (tertiary/aromatic N) is 1. The molecule has 0 saturated carbocycles. The second-order valence-corrected chi connectivity index (χ2v) is 7.08. The van der Waals surface area contributed by atoms with E-state index in [9.17, 15) is 18.0 Å². The molecule has 0 radical (unpaired) electrons. The van der Waals surface area contributed by atoms with Crippen molar-refractivity contribution in [3.8, 4) is 0 Å². The predicted molar refractivity (Wildman–Crippen MR) is 93.4 cm³/mol. The van der Waals surface area contributed by atoms with Gasteiger partial charge < -0.3 is 0 Å². The van der Waals surface area contributed by atoms with Crippen LogP contribution in [0.25, 0.3) is 5.57 Å². The number of benzene rings is 1. The third kappa shape index (κ3) is 3.96. The number of aryl methyl sites for hydroxylation is 1. The van der Waals surface area contributed by atoms with Crippen LogP contribution >= 0.6 is 27.5 Å². The first-order chi connectivity index (χ1) is 11.8. The van der Waals surface area contributed by atoms with Gasteiger partial charge in [-0.05, 0) is 54.2 Å². The molecule has 2 aromatic rings. The average molecular weight is 431 g/mol. The van der Waals surface area contributed by atoms with Crippen LogP contribution < -0.4 is 0 Å². The lowest BCUT2D eigenvalue weighted by Gasteiger charge is -2.10. The second-order valence-electron chi connectivity index (χ2n) is 5.77. The van der Waals surface area contributed by atoms with Crippen LogP contribution in [0.1, 0.15) is 23.1 Å². The maximum Gasteiger partial charge on any atom is 0.454 e.